The highest BCUT2D eigenvalue weighted by Crippen LogP contribution is 2.37. The number of hydrogen-bond acceptors (Lipinski definition) is 5. The van der Waals surface area contributed by atoms with Crippen LogP contribution in [0.5, 0.6) is 0 Å². The van der Waals surface area contributed by atoms with Crippen LogP contribution >= 0.6 is 0 Å². The lowest BCUT2D eigenvalue weighted by atomic mass is 9.78. The molecule has 9 heteroatoms. The van der Waals surface area contributed by atoms with Gasteiger partial charge >= 0.3 is 7.12 Å². The smallest absolute Gasteiger partial charge is 0.399 e. The highest BCUT2D eigenvalue weighted by atomic mass is 32.2. The van der Waals surface area contributed by atoms with Crippen molar-refractivity contribution < 1.29 is 17.7 Å². The zero-order chi connectivity index (χ0) is 23.5. The van der Waals surface area contributed by atoms with Crippen molar-refractivity contribution in [2.24, 2.45) is 0 Å². The van der Waals surface area contributed by atoms with Crippen molar-refractivity contribution in [2.75, 3.05) is 0 Å². The highest BCUT2D eigenvalue weighted by molar-refractivity contribution is 7.90. The van der Waals surface area contributed by atoms with E-state index >= 15 is 0 Å². The van der Waals surface area contributed by atoms with Crippen molar-refractivity contribution in [3.05, 3.63) is 71.3 Å². The quantitative estimate of drug-likeness (QED) is 0.438. The van der Waals surface area contributed by atoms with E-state index in [9.17, 15) is 13.2 Å². The summed E-state index contributed by atoms with van der Waals surface area (Å²) in [4.78, 5) is 13.4. The molecule has 0 N–H and O–H groups in total. The predicted octanol–water partition coefficient (Wildman–Crippen LogP) is 2.83. The molecule has 0 atom stereocenters. The van der Waals surface area contributed by atoms with Crippen molar-refractivity contribution in [3.8, 4) is 0 Å². The third-order valence-corrected chi connectivity index (χ3v) is 8.02. The molecule has 2 aromatic heterocycles. The van der Waals surface area contributed by atoms with Gasteiger partial charge in [-0.1, -0.05) is 23.8 Å². The van der Waals surface area contributed by atoms with Crippen LogP contribution in [0.2, 0.25) is 0 Å². The first-order chi connectivity index (χ1) is 14.9. The molecule has 3 heterocycles. The number of nitrogens with zero attached hydrogens (tertiary/aromatic N) is 2. The molecule has 0 radical (unpaired) electrons. The van der Waals surface area contributed by atoms with E-state index in [0.29, 0.717) is 10.8 Å². The zero-order valence-corrected chi connectivity index (χ0v) is 19.8. The largest absolute Gasteiger partial charge is 0.497 e. The highest BCUT2D eigenvalue weighted by Gasteiger charge is 2.52. The first-order valence-electron chi connectivity index (χ1n) is 10.4. The Morgan fingerprint density at radius 1 is 1.06 bits per heavy atom. The number of benzene rings is 1. The van der Waals surface area contributed by atoms with Gasteiger partial charge in [-0.3, -0.25) is 4.79 Å². The minimum Gasteiger partial charge on any atom is -0.399 e. The fourth-order valence-electron chi connectivity index (χ4n) is 3.75. The minimum absolute atomic E-state index is 0.0552. The number of aryl methyl sites for hydroxylation is 1. The molecule has 1 saturated heterocycles. The summed E-state index contributed by atoms with van der Waals surface area (Å²) in [6, 6.07) is 8.16. The van der Waals surface area contributed by atoms with Crippen LogP contribution in [0.15, 0.2) is 65.1 Å². The van der Waals surface area contributed by atoms with Crippen LogP contribution in [0.3, 0.4) is 0 Å². The number of aromatic nitrogens is 2. The molecule has 0 spiro atoms. The SMILES string of the molecule is C=CCn1cc(B2OC(C)(C)C(C)(C)O2)c2ccn(S(=O)(=O)c3ccc(C)cc3)c2c1=O. The van der Waals surface area contributed by atoms with E-state index in [1.807, 2.05) is 34.6 Å². The lowest BCUT2D eigenvalue weighted by molar-refractivity contribution is 0.00578. The van der Waals surface area contributed by atoms with Gasteiger partial charge in [0.05, 0.1) is 16.1 Å². The first-order valence-corrected chi connectivity index (χ1v) is 11.9. The fraction of sp³-hybridized carbons (Fsp3) is 0.348. The van der Waals surface area contributed by atoms with E-state index < -0.39 is 33.9 Å². The number of rotatable bonds is 5. The van der Waals surface area contributed by atoms with Gasteiger partial charge in [0.2, 0.25) is 0 Å². The van der Waals surface area contributed by atoms with Gasteiger partial charge in [-0.2, -0.15) is 0 Å². The van der Waals surface area contributed by atoms with Gasteiger partial charge in [-0.15, -0.1) is 6.58 Å². The minimum atomic E-state index is -3.98. The Morgan fingerprint density at radius 2 is 1.66 bits per heavy atom. The molecule has 0 amide bonds. The van der Waals surface area contributed by atoms with Crippen molar-refractivity contribution in [1.82, 2.24) is 8.54 Å². The molecule has 1 aliphatic heterocycles. The molecule has 7 nitrogen and oxygen atoms in total. The fourth-order valence-corrected chi connectivity index (χ4v) is 5.09. The van der Waals surface area contributed by atoms with Crippen LogP contribution in [-0.2, 0) is 25.9 Å². The first kappa shape index (κ1) is 22.6. The van der Waals surface area contributed by atoms with Gasteiger partial charge < -0.3 is 13.9 Å². The summed E-state index contributed by atoms with van der Waals surface area (Å²) in [5, 5.41) is 0.476. The maximum Gasteiger partial charge on any atom is 0.497 e. The van der Waals surface area contributed by atoms with E-state index in [1.54, 1.807) is 30.5 Å². The van der Waals surface area contributed by atoms with Gasteiger partial charge in [0.25, 0.3) is 15.6 Å². The summed E-state index contributed by atoms with van der Waals surface area (Å²) in [5.41, 5.74) is -0.00370. The average Bonchev–Trinajstić information content (AvgIpc) is 3.24. The van der Waals surface area contributed by atoms with Gasteiger partial charge in [-0.05, 0) is 52.8 Å². The van der Waals surface area contributed by atoms with E-state index in [0.717, 1.165) is 9.54 Å². The number of pyridine rings is 1. The summed E-state index contributed by atoms with van der Waals surface area (Å²) in [6.07, 6.45) is 4.66. The molecule has 1 aliphatic rings. The van der Waals surface area contributed by atoms with Crippen molar-refractivity contribution >= 4 is 33.5 Å². The molecule has 0 aliphatic carbocycles. The number of fused-ring (bicyclic) bond motifs is 1. The van der Waals surface area contributed by atoms with Crippen LogP contribution in [0.4, 0.5) is 0 Å². The molecule has 1 aromatic carbocycles. The molecular formula is C23H27BN2O5S. The van der Waals surface area contributed by atoms with Crippen LogP contribution < -0.4 is 11.0 Å². The van der Waals surface area contributed by atoms with E-state index in [2.05, 4.69) is 6.58 Å². The molecule has 1 fully saturated rings. The van der Waals surface area contributed by atoms with Gasteiger partial charge in [0.15, 0.2) is 0 Å². The third kappa shape index (κ3) is 3.45. The molecule has 0 saturated carbocycles. The van der Waals surface area contributed by atoms with Crippen molar-refractivity contribution in [3.63, 3.8) is 0 Å². The standard InChI is InChI=1S/C23H27BN2O5S/c1-7-13-25-15-19(24-30-22(3,4)23(5,6)31-24)18-12-14-26(20(18)21(25)27)32(28,29)17-10-8-16(2)9-11-17/h7-12,14-15H,1,13H2,2-6H3. The van der Waals surface area contributed by atoms with E-state index in [-0.39, 0.29) is 17.0 Å². The molecule has 32 heavy (non-hydrogen) atoms. The van der Waals surface area contributed by atoms with Crippen molar-refractivity contribution in [2.45, 2.75) is 57.3 Å². The van der Waals surface area contributed by atoms with Gasteiger partial charge in [-0.25, -0.2) is 12.4 Å². The molecule has 0 bridgehead atoms. The van der Waals surface area contributed by atoms with Gasteiger partial charge in [0.1, 0.15) is 5.52 Å². The van der Waals surface area contributed by atoms with Crippen LogP contribution in [0.1, 0.15) is 33.3 Å². The molecule has 168 valence electrons. The lowest BCUT2D eigenvalue weighted by Gasteiger charge is -2.32. The number of hydrogen-bond donors (Lipinski definition) is 0. The van der Waals surface area contributed by atoms with E-state index in [4.69, 9.17) is 9.31 Å². The second kappa shape index (κ2) is 7.47. The molecule has 3 aromatic rings. The second-order valence-corrected chi connectivity index (χ2v) is 10.9. The molecule has 0 unspecified atom stereocenters. The third-order valence-electron chi connectivity index (χ3n) is 6.33. The van der Waals surface area contributed by atoms with Crippen molar-refractivity contribution in [1.29, 1.82) is 0 Å². The topological polar surface area (TPSA) is 79.5 Å². The Kier molecular flexibility index (Phi) is 5.27. The Labute approximate surface area is 188 Å². The monoisotopic (exact) mass is 454 g/mol. The summed E-state index contributed by atoms with van der Waals surface area (Å²) >= 11 is 0. The normalized spacial score (nSPS) is 17.7. The second-order valence-electron chi connectivity index (χ2n) is 9.11. The summed E-state index contributed by atoms with van der Waals surface area (Å²) in [7, 11) is -4.74. The molecule has 4 rings (SSSR count). The van der Waals surface area contributed by atoms with Gasteiger partial charge in [0, 0.05) is 29.8 Å². The Bertz CT molecular complexity index is 1350. The maximum atomic E-state index is 13.4. The van der Waals surface area contributed by atoms with Crippen LogP contribution in [0.25, 0.3) is 10.9 Å². The number of allylic oxidation sites excluding steroid dienone is 1. The average molecular weight is 454 g/mol. The summed E-state index contributed by atoms with van der Waals surface area (Å²) in [6.45, 7) is 13.6. The van der Waals surface area contributed by atoms with Crippen LogP contribution in [0, 0.1) is 6.92 Å². The summed E-state index contributed by atoms with van der Waals surface area (Å²) in [5.74, 6) is 0. The molecular weight excluding hydrogens is 427 g/mol. The lowest BCUT2D eigenvalue weighted by Crippen LogP contribution is -2.41. The maximum absolute atomic E-state index is 13.4. The Hall–Kier alpha value is -2.62. The van der Waals surface area contributed by atoms with Crippen LogP contribution in [-0.4, -0.2) is 35.3 Å². The Morgan fingerprint density at radius 3 is 2.22 bits per heavy atom. The summed E-state index contributed by atoms with van der Waals surface area (Å²) < 4.78 is 41.7. The zero-order valence-electron chi connectivity index (χ0n) is 19.0. The Balaban J connectivity index is 1.97. The predicted molar refractivity (Wildman–Crippen MR) is 126 cm³/mol. The van der Waals surface area contributed by atoms with E-state index in [1.165, 1.54) is 22.9 Å².